The topological polar surface area (TPSA) is 65.4 Å². The number of aromatic nitrogens is 2. The quantitative estimate of drug-likeness (QED) is 0.822. The summed E-state index contributed by atoms with van der Waals surface area (Å²) in [7, 11) is 3.24. The van der Waals surface area contributed by atoms with Crippen molar-refractivity contribution in [2.75, 3.05) is 32.7 Å². The number of ether oxygens (including phenoxy) is 2. The molecule has 1 rings (SSSR count). The van der Waals surface area contributed by atoms with E-state index >= 15 is 0 Å². The fraction of sp³-hybridized carbons (Fsp3) is 0.667. The van der Waals surface area contributed by atoms with Gasteiger partial charge in [0.15, 0.2) is 0 Å². The van der Waals surface area contributed by atoms with Crippen LogP contribution in [0.3, 0.4) is 0 Å². The largest absolute Gasteiger partial charge is 0.382 e. The molecule has 0 saturated carbocycles. The molecule has 0 saturated heterocycles. The van der Waals surface area contributed by atoms with E-state index in [1.807, 2.05) is 13.8 Å². The highest BCUT2D eigenvalue weighted by molar-refractivity contribution is 9.10. The van der Waals surface area contributed by atoms with Crippen LogP contribution in [0.25, 0.3) is 0 Å². The molecule has 0 aliphatic carbocycles. The van der Waals surface area contributed by atoms with Crippen molar-refractivity contribution in [2.45, 2.75) is 26.0 Å². The van der Waals surface area contributed by atoms with Crippen molar-refractivity contribution in [3.63, 3.8) is 0 Å². The predicted molar refractivity (Wildman–Crippen MR) is 77.7 cm³/mol. The monoisotopic (exact) mass is 333 g/mol. The Morgan fingerprint density at radius 1 is 1.47 bits per heavy atom. The molecule has 0 aliphatic heterocycles. The third-order valence-electron chi connectivity index (χ3n) is 2.64. The van der Waals surface area contributed by atoms with Gasteiger partial charge in [-0.2, -0.15) is 5.10 Å². The van der Waals surface area contributed by atoms with Gasteiger partial charge in [-0.25, -0.2) is 4.68 Å². The molecule has 6 nitrogen and oxygen atoms in total. The fourth-order valence-corrected chi connectivity index (χ4v) is 1.98. The Hall–Kier alpha value is -0.920. The number of halogens is 1. The van der Waals surface area contributed by atoms with Gasteiger partial charge in [-0.05, 0) is 29.8 Å². The molecule has 0 aliphatic rings. The van der Waals surface area contributed by atoms with Gasteiger partial charge in [-0.15, -0.1) is 0 Å². The van der Waals surface area contributed by atoms with Gasteiger partial charge in [-0.1, -0.05) is 0 Å². The maximum Gasteiger partial charge on any atom is 0.283 e. The van der Waals surface area contributed by atoms with Crippen LogP contribution in [0, 0.1) is 0 Å². The molecule has 0 amide bonds. The molecule has 1 unspecified atom stereocenters. The molecule has 0 fully saturated rings. The second-order valence-electron chi connectivity index (χ2n) is 4.41. The Morgan fingerprint density at radius 3 is 2.68 bits per heavy atom. The summed E-state index contributed by atoms with van der Waals surface area (Å²) in [5.41, 5.74) is 0.501. The zero-order valence-electron chi connectivity index (χ0n) is 11.6. The normalized spacial score (nSPS) is 12.7. The lowest BCUT2D eigenvalue weighted by molar-refractivity contribution is 0.0365. The van der Waals surface area contributed by atoms with Crippen LogP contribution in [-0.4, -0.2) is 43.3 Å². The molecule has 1 aromatic heterocycles. The average Bonchev–Trinajstić information content (AvgIpc) is 2.38. The van der Waals surface area contributed by atoms with Crippen molar-refractivity contribution in [3.8, 4) is 0 Å². The summed E-state index contributed by atoms with van der Waals surface area (Å²) in [6, 6.07) is 0.0260. The molecule has 1 atom stereocenters. The van der Waals surface area contributed by atoms with Gasteiger partial charge in [0, 0.05) is 20.8 Å². The molecule has 0 aromatic carbocycles. The zero-order chi connectivity index (χ0) is 14.4. The lowest BCUT2D eigenvalue weighted by Gasteiger charge is -2.17. The second-order valence-corrected chi connectivity index (χ2v) is 5.20. The van der Waals surface area contributed by atoms with Gasteiger partial charge < -0.3 is 14.8 Å². The molecule has 1 N–H and O–H groups in total. The lowest BCUT2D eigenvalue weighted by Crippen LogP contribution is -2.29. The van der Waals surface area contributed by atoms with E-state index in [0.717, 1.165) is 0 Å². The number of nitrogens with zero attached hydrogens (tertiary/aromatic N) is 2. The minimum Gasteiger partial charge on any atom is -0.382 e. The van der Waals surface area contributed by atoms with Gasteiger partial charge >= 0.3 is 0 Å². The zero-order valence-corrected chi connectivity index (χ0v) is 13.2. The Balaban J connectivity index is 2.80. The molecule has 108 valence electrons. The van der Waals surface area contributed by atoms with E-state index in [0.29, 0.717) is 23.3 Å². The summed E-state index contributed by atoms with van der Waals surface area (Å²) < 4.78 is 12.2. The van der Waals surface area contributed by atoms with Crippen molar-refractivity contribution in [1.29, 1.82) is 0 Å². The molecule has 1 heterocycles. The minimum absolute atomic E-state index is 0.0260. The summed E-state index contributed by atoms with van der Waals surface area (Å²) in [5.74, 6) is 0. The number of methoxy groups -OCH3 is 2. The van der Waals surface area contributed by atoms with Crippen molar-refractivity contribution in [1.82, 2.24) is 9.78 Å². The average molecular weight is 334 g/mol. The van der Waals surface area contributed by atoms with Crippen LogP contribution in [0.15, 0.2) is 15.5 Å². The maximum atomic E-state index is 12.0. The van der Waals surface area contributed by atoms with Crippen LogP contribution in [0.5, 0.6) is 0 Å². The van der Waals surface area contributed by atoms with Gasteiger partial charge in [0.1, 0.15) is 4.47 Å². The fourth-order valence-electron chi connectivity index (χ4n) is 1.56. The molecular weight excluding hydrogens is 314 g/mol. The van der Waals surface area contributed by atoms with Crippen molar-refractivity contribution in [3.05, 3.63) is 21.0 Å². The van der Waals surface area contributed by atoms with Crippen LogP contribution in [-0.2, 0) is 9.47 Å². The minimum atomic E-state index is -0.152. The van der Waals surface area contributed by atoms with E-state index in [1.165, 1.54) is 4.68 Å². The first-order valence-electron chi connectivity index (χ1n) is 6.04. The SMILES string of the molecule is COCC(CNc1cnn(C(C)C)c(=O)c1Br)OC. The Bertz CT molecular complexity index is 462. The summed E-state index contributed by atoms with van der Waals surface area (Å²) in [6.07, 6.45) is 1.55. The molecule has 1 aromatic rings. The number of hydrogen-bond acceptors (Lipinski definition) is 5. The highest BCUT2D eigenvalue weighted by Gasteiger charge is 2.12. The summed E-state index contributed by atoms with van der Waals surface area (Å²) >= 11 is 3.30. The molecule has 0 radical (unpaired) electrons. The molecule has 0 spiro atoms. The van der Waals surface area contributed by atoms with Gasteiger partial charge in [0.25, 0.3) is 5.56 Å². The molecule has 19 heavy (non-hydrogen) atoms. The third-order valence-corrected chi connectivity index (χ3v) is 3.41. The van der Waals surface area contributed by atoms with E-state index < -0.39 is 0 Å². The van der Waals surface area contributed by atoms with Crippen molar-refractivity contribution >= 4 is 21.6 Å². The Morgan fingerprint density at radius 2 is 2.16 bits per heavy atom. The van der Waals surface area contributed by atoms with E-state index in [2.05, 4.69) is 26.3 Å². The predicted octanol–water partition coefficient (Wildman–Crippen LogP) is 1.66. The number of hydrogen-bond donors (Lipinski definition) is 1. The Kier molecular flexibility index (Phi) is 6.47. The van der Waals surface area contributed by atoms with Gasteiger partial charge in [0.05, 0.1) is 30.6 Å². The number of nitrogens with one attached hydrogen (secondary N) is 1. The van der Waals surface area contributed by atoms with E-state index in [9.17, 15) is 4.79 Å². The van der Waals surface area contributed by atoms with Crippen LogP contribution in [0.2, 0.25) is 0 Å². The highest BCUT2D eigenvalue weighted by Crippen LogP contribution is 2.17. The maximum absolute atomic E-state index is 12.0. The van der Waals surface area contributed by atoms with Crippen molar-refractivity contribution < 1.29 is 9.47 Å². The van der Waals surface area contributed by atoms with E-state index in [4.69, 9.17) is 9.47 Å². The van der Waals surface area contributed by atoms with Crippen LogP contribution in [0.1, 0.15) is 19.9 Å². The van der Waals surface area contributed by atoms with Gasteiger partial charge in [0.2, 0.25) is 0 Å². The smallest absolute Gasteiger partial charge is 0.283 e. The number of rotatable bonds is 7. The van der Waals surface area contributed by atoms with E-state index in [1.54, 1.807) is 20.4 Å². The second kappa shape index (κ2) is 7.62. The van der Waals surface area contributed by atoms with Crippen LogP contribution >= 0.6 is 15.9 Å². The molecule has 7 heteroatoms. The third kappa shape index (κ3) is 4.29. The van der Waals surface area contributed by atoms with Crippen LogP contribution < -0.4 is 10.9 Å². The standard InChI is InChI=1S/C12H20BrN3O3/c1-8(2)16-12(17)11(13)10(6-15-16)14-5-9(19-4)7-18-3/h6,8-9,14H,5,7H2,1-4H3. The molecular formula is C12H20BrN3O3. The first kappa shape index (κ1) is 16.1. The first-order valence-corrected chi connectivity index (χ1v) is 6.83. The first-order chi connectivity index (χ1) is 9.01. The molecule has 0 bridgehead atoms. The van der Waals surface area contributed by atoms with E-state index in [-0.39, 0.29) is 17.7 Å². The summed E-state index contributed by atoms with van der Waals surface area (Å²) in [5, 5.41) is 7.26. The van der Waals surface area contributed by atoms with Crippen LogP contribution in [0.4, 0.5) is 5.69 Å². The Labute approximate surface area is 121 Å². The summed E-state index contributed by atoms with van der Waals surface area (Å²) in [4.78, 5) is 12.0. The number of anilines is 1. The highest BCUT2D eigenvalue weighted by atomic mass is 79.9. The van der Waals surface area contributed by atoms with Gasteiger partial charge in [-0.3, -0.25) is 4.79 Å². The summed E-state index contributed by atoms with van der Waals surface area (Å²) in [6.45, 7) is 4.84. The van der Waals surface area contributed by atoms with Crippen molar-refractivity contribution in [2.24, 2.45) is 0 Å². The lowest BCUT2D eigenvalue weighted by atomic mass is 10.3.